The fraction of sp³-hybridized carbons (Fsp3) is 0.289. The Morgan fingerprint density at radius 3 is 2.25 bits per heavy atom. The molecule has 2 heterocycles. The van der Waals surface area contributed by atoms with E-state index in [9.17, 15) is 14.7 Å². The van der Waals surface area contributed by atoms with E-state index in [0.717, 1.165) is 57.6 Å². The van der Waals surface area contributed by atoms with Gasteiger partial charge in [0.1, 0.15) is 12.4 Å². The van der Waals surface area contributed by atoms with Crippen molar-refractivity contribution in [3.05, 3.63) is 143 Å². The Morgan fingerprint density at radius 2 is 1.60 bits per heavy atom. The van der Waals surface area contributed by atoms with Gasteiger partial charge in [-0.25, -0.2) is 4.98 Å². The summed E-state index contributed by atoms with van der Waals surface area (Å²) < 4.78 is 8.03. The first-order chi connectivity index (χ1) is 27.7. The Morgan fingerprint density at radius 1 is 0.930 bits per heavy atom. The molecule has 11 nitrogen and oxygen atoms in total. The number of hydrogen-bond donors (Lipinski definition) is 3. The smallest absolute Gasteiger partial charge is 0.309 e. The van der Waals surface area contributed by atoms with Gasteiger partial charge in [-0.2, -0.15) is 5.21 Å². The van der Waals surface area contributed by atoms with Gasteiger partial charge in [0.05, 0.1) is 18.0 Å². The van der Waals surface area contributed by atoms with Gasteiger partial charge in [-0.15, -0.1) is 10.2 Å². The van der Waals surface area contributed by atoms with Gasteiger partial charge >= 0.3 is 11.9 Å². The lowest BCUT2D eigenvalue weighted by molar-refractivity contribution is -0.150. The van der Waals surface area contributed by atoms with Crippen molar-refractivity contribution in [2.75, 3.05) is 0 Å². The Labute approximate surface area is 338 Å². The number of H-pyrrole nitrogens is 1. The number of halogens is 1. The molecule has 0 saturated heterocycles. The number of nitrogens with one attached hydrogen (secondary N) is 2. The van der Waals surface area contributed by atoms with E-state index < -0.39 is 11.9 Å². The van der Waals surface area contributed by atoms with Gasteiger partial charge in [-0.3, -0.25) is 9.59 Å². The van der Waals surface area contributed by atoms with Gasteiger partial charge in [0.25, 0.3) is 0 Å². The van der Waals surface area contributed by atoms with Crippen LogP contribution in [-0.2, 0) is 40.3 Å². The summed E-state index contributed by atoms with van der Waals surface area (Å²) in [5.74, 6) is -0.505. The molecular formula is C45H48ClN7O4. The van der Waals surface area contributed by atoms with E-state index in [-0.39, 0.29) is 36.6 Å². The molecule has 0 fully saturated rings. The molecule has 0 amide bonds. The van der Waals surface area contributed by atoms with E-state index in [4.69, 9.17) is 21.3 Å². The highest BCUT2D eigenvalue weighted by molar-refractivity contribution is 6.30. The number of aryl methyl sites for hydroxylation is 1. The van der Waals surface area contributed by atoms with Crippen molar-refractivity contribution in [1.29, 1.82) is 0 Å². The average molecular weight is 786 g/mol. The van der Waals surface area contributed by atoms with Crippen LogP contribution in [0.5, 0.6) is 0 Å². The van der Waals surface area contributed by atoms with E-state index in [0.29, 0.717) is 43.0 Å². The number of rotatable bonds is 20. The van der Waals surface area contributed by atoms with Crippen LogP contribution in [0.15, 0.2) is 115 Å². The standard InChI is InChI=1S/C45H48ClN7O4/c1-4-5-16-41-48-43(46)40(53(41)28-37-23-22-36(34-14-10-7-11-15-34)27-39(37)44-49-51-52-50-44)29-57-45(56)30(2)25-38(47-31(3)17-24-42(54)55)26-32-18-20-35(21-19-32)33-12-8-6-9-13-33/h6-15,18-23,27,30,38,47H,3-5,16-17,24-26,28-29H2,1-2H3,(H,54,55)(H,49,50,51,52)/t30-,38+/m1/s1. The van der Waals surface area contributed by atoms with Crippen LogP contribution in [0.3, 0.4) is 0 Å². The van der Waals surface area contributed by atoms with Crippen molar-refractivity contribution >= 4 is 23.5 Å². The third-order valence-corrected chi connectivity index (χ3v) is 10.3. The number of hydrogen-bond acceptors (Lipinski definition) is 8. The molecule has 0 aliphatic carbocycles. The van der Waals surface area contributed by atoms with E-state index in [2.05, 4.69) is 106 Å². The SMILES string of the molecule is C=C(CCC(=O)O)N[C@H](Cc1ccc(-c2ccccc2)cc1)C[C@@H](C)C(=O)OCc1c(Cl)nc(CCCC)n1Cc1ccc(-c2ccccc2)cc1-c1nn[nH]n1. The van der Waals surface area contributed by atoms with Crippen LogP contribution in [0.1, 0.15) is 68.6 Å². The number of aliphatic carboxylic acids is 1. The van der Waals surface area contributed by atoms with Crippen molar-refractivity contribution < 1.29 is 19.4 Å². The number of esters is 1. The van der Waals surface area contributed by atoms with Crippen molar-refractivity contribution in [3.63, 3.8) is 0 Å². The minimum atomic E-state index is -0.895. The highest BCUT2D eigenvalue weighted by Gasteiger charge is 2.24. The molecular weight excluding hydrogens is 738 g/mol. The molecule has 0 aliphatic heterocycles. The topological polar surface area (TPSA) is 148 Å². The maximum Gasteiger partial charge on any atom is 0.309 e. The molecule has 57 heavy (non-hydrogen) atoms. The minimum absolute atomic E-state index is 0.0373. The predicted octanol–water partition coefficient (Wildman–Crippen LogP) is 9.09. The van der Waals surface area contributed by atoms with Crippen molar-refractivity contribution in [2.24, 2.45) is 5.92 Å². The Balaban J connectivity index is 1.19. The predicted molar refractivity (Wildman–Crippen MR) is 222 cm³/mol. The molecule has 0 spiro atoms. The molecule has 0 unspecified atom stereocenters. The number of carbonyl (C=O) groups excluding carboxylic acids is 1. The number of aromatic amines is 1. The molecule has 6 rings (SSSR count). The molecule has 0 radical (unpaired) electrons. The number of imidazole rings is 1. The Bertz CT molecular complexity index is 2240. The highest BCUT2D eigenvalue weighted by atomic mass is 35.5. The second-order valence-electron chi connectivity index (χ2n) is 14.3. The van der Waals surface area contributed by atoms with Crippen molar-refractivity contribution in [1.82, 2.24) is 35.5 Å². The number of carboxylic acids is 1. The van der Waals surface area contributed by atoms with Crippen molar-refractivity contribution in [2.45, 2.75) is 78.0 Å². The largest absolute Gasteiger partial charge is 0.481 e. The number of benzene rings is 4. The number of aromatic nitrogens is 6. The summed E-state index contributed by atoms with van der Waals surface area (Å²) in [5.41, 5.74) is 8.34. The number of nitrogens with zero attached hydrogens (tertiary/aromatic N) is 5. The van der Waals surface area contributed by atoms with Gasteiger partial charge in [0, 0.05) is 30.3 Å². The monoisotopic (exact) mass is 785 g/mol. The number of carbonyl (C=O) groups is 2. The first-order valence-electron chi connectivity index (χ1n) is 19.3. The second kappa shape index (κ2) is 19.7. The fourth-order valence-corrected chi connectivity index (χ4v) is 7.15. The first-order valence-corrected chi connectivity index (χ1v) is 19.7. The van der Waals surface area contributed by atoms with Crippen LogP contribution in [-0.4, -0.2) is 53.3 Å². The summed E-state index contributed by atoms with van der Waals surface area (Å²) in [6.45, 7) is 8.38. The quantitative estimate of drug-likeness (QED) is 0.0645. The Kier molecular flexibility index (Phi) is 14.0. The highest BCUT2D eigenvalue weighted by Crippen LogP contribution is 2.30. The van der Waals surface area contributed by atoms with Gasteiger partial charge in [-0.05, 0) is 70.3 Å². The molecule has 6 aromatic rings. The van der Waals surface area contributed by atoms with Gasteiger partial charge in [0.2, 0.25) is 5.82 Å². The van der Waals surface area contributed by atoms with Crippen molar-refractivity contribution in [3.8, 4) is 33.6 Å². The third-order valence-electron chi connectivity index (χ3n) is 9.97. The second-order valence-corrected chi connectivity index (χ2v) is 14.6. The van der Waals surface area contributed by atoms with Crippen LogP contribution in [0.25, 0.3) is 33.6 Å². The first kappa shape index (κ1) is 40.6. The summed E-state index contributed by atoms with van der Waals surface area (Å²) in [5, 5.41) is 27.9. The maximum absolute atomic E-state index is 13.7. The number of allylic oxidation sites excluding steroid dienone is 1. The lowest BCUT2D eigenvalue weighted by Gasteiger charge is -2.24. The molecule has 0 bridgehead atoms. The summed E-state index contributed by atoms with van der Waals surface area (Å²) in [6.07, 6.45) is 3.86. The van der Waals surface area contributed by atoms with Crippen LogP contribution in [0.4, 0.5) is 0 Å². The van der Waals surface area contributed by atoms with Crippen LogP contribution in [0, 0.1) is 5.92 Å². The lowest BCUT2D eigenvalue weighted by atomic mass is 9.94. The Hall–Kier alpha value is -6.07. The van der Waals surface area contributed by atoms with Crippen LogP contribution < -0.4 is 5.32 Å². The van der Waals surface area contributed by atoms with Gasteiger partial charge in [-0.1, -0.05) is 136 Å². The van der Waals surface area contributed by atoms with E-state index in [1.54, 1.807) is 0 Å². The molecule has 2 aromatic heterocycles. The number of ether oxygens (including phenoxy) is 1. The van der Waals surface area contributed by atoms with E-state index in [1.807, 2.05) is 47.9 Å². The van der Waals surface area contributed by atoms with E-state index in [1.165, 1.54) is 0 Å². The van der Waals surface area contributed by atoms with Gasteiger partial charge in [0.15, 0.2) is 5.15 Å². The van der Waals surface area contributed by atoms with E-state index >= 15 is 0 Å². The van der Waals surface area contributed by atoms with Crippen LogP contribution in [0.2, 0.25) is 5.15 Å². The van der Waals surface area contributed by atoms with Crippen LogP contribution >= 0.6 is 11.6 Å². The zero-order valence-corrected chi connectivity index (χ0v) is 33.1. The fourth-order valence-electron chi connectivity index (χ4n) is 6.90. The summed E-state index contributed by atoms with van der Waals surface area (Å²) in [6, 6.07) is 34.6. The molecule has 294 valence electrons. The zero-order chi connectivity index (χ0) is 40.1. The molecule has 12 heteroatoms. The number of tetrazole rings is 1. The molecule has 4 aromatic carbocycles. The molecule has 0 aliphatic rings. The summed E-state index contributed by atoms with van der Waals surface area (Å²) >= 11 is 6.81. The number of carboxylic acid groups (broad SMARTS) is 1. The summed E-state index contributed by atoms with van der Waals surface area (Å²) in [7, 11) is 0. The lowest BCUT2D eigenvalue weighted by Crippen LogP contribution is -2.34. The number of unbranched alkanes of at least 4 members (excludes halogenated alkanes) is 1. The van der Waals surface area contributed by atoms with Gasteiger partial charge < -0.3 is 19.7 Å². The third kappa shape index (κ3) is 11.0. The maximum atomic E-state index is 13.7. The average Bonchev–Trinajstić information content (AvgIpc) is 3.87. The molecule has 0 saturated carbocycles. The normalized spacial score (nSPS) is 12.2. The molecule has 2 atom stereocenters. The zero-order valence-electron chi connectivity index (χ0n) is 32.3. The molecule has 3 N–H and O–H groups in total. The minimum Gasteiger partial charge on any atom is -0.481 e. The summed E-state index contributed by atoms with van der Waals surface area (Å²) in [4.78, 5) is 29.7.